The summed E-state index contributed by atoms with van der Waals surface area (Å²) in [5.41, 5.74) is 1.92. The number of hydrogen-bond donors (Lipinski definition) is 2. The van der Waals surface area contributed by atoms with Crippen LogP contribution >= 0.6 is 11.8 Å². The molecule has 5 nitrogen and oxygen atoms in total. The van der Waals surface area contributed by atoms with Crippen LogP contribution in [0.3, 0.4) is 0 Å². The van der Waals surface area contributed by atoms with Gasteiger partial charge < -0.3 is 15.4 Å². The predicted octanol–water partition coefficient (Wildman–Crippen LogP) is 6.61. The van der Waals surface area contributed by atoms with Crippen LogP contribution in [0.2, 0.25) is 0 Å². The summed E-state index contributed by atoms with van der Waals surface area (Å²) in [6.07, 6.45) is 0.652. The highest BCUT2D eigenvalue weighted by molar-refractivity contribution is 8.00. The number of methoxy groups -OCH3 is 1. The SMILES string of the molecule is CCC(Sc1cccc(NC(=O)c2ccc3ccccc3c2)c1)C(=O)Nc1ccccc1OC. The number of para-hydroxylation sites is 2. The first-order chi connectivity index (χ1) is 16.6. The molecule has 0 saturated carbocycles. The molecule has 0 radical (unpaired) electrons. The van der Waals surface area contributed by atoms with Gasteiger partial charge in [-0.25, -0.2) is 0 Å². The lowest BCUT2D eigenvalue weighted by molar-refractivity contribution is -0.115. The van der Waals surface area contributed by atoms with Crippen molar-refractivity contribution in [3.05, 3.63) is 96.6 Å². The van der Waals surface area contributed by atoms with Crippen molar-refractivity contribution < 1.29 is 14.3 Å². The molecule has 172 valence electrons. The quantitative estimate of drug-likeness (QED) is 0.284. The molecule has 0 spiro atoms. The number of carbonyl (C=O) groups excluding carboxylic acids is 2. The van der Waals surface area contributed by atoms with Crippen LogP contribution in [0.5, 0.6) is 5.75 Å². The third kappa shape index (κ3) is 5.58. The first-order valence-corrected chi connectivity index (χ1v) is 12.0. The van der Waals surface area contributed by atoms with E-state index >= 15 is 0 Å². The van der Waals surface area contributed by atoms with E-state index in [-0.39, 0.29) is 17.1 Å². The molecule has 1 unspecified atom stereocenters. The summed E-state index contributed by atoms with van der Waals surface area (Å²) in [7, 11) is 1.58. The van der Waals surface area contributed by atoms with Gasteiger partial charge in [0, 0.05) is 16.1 Å². The normalized spacial score (nSPS) is 11.6. The van der Waals surface area contributed by atoms with Crippen molar-refractivity contribution in [2.24, 2.45) is 0 Å². The summed E-state index contributed by atoms with van der Waals surface area (Å²) in [6, 6.07) is 28.5. The summed E-state index contributed by atoms with van der Waals surface area (Å²) in [6.45, 7) is 1.98. The average molecular weight is 471 g/mol. The Balaban J connectivity index is 1.44. The molecule has 0 aromatic heterocycles. The molecule has 2 amide bonds. The van der Waals surface area contributed by atoms with Crippen molar-refractivity contribution in [2.45, 2.75) is 23.5 Å². The Kier molecular flexibility index (Phi) is 7.50. The highest BCUT2D eigenvalue weighted by atomic mass is 32.2. The molecule has 0 bridgehead atoms. The van der Waals surface area contributed by atoms with Crippen LogP contribution in [-0.4, -0.2) is 24.2 Å². The molecule has 4 aromatic rings. The maximum atomic E-state index is 12.9. The Bertz CT molecular complexity index is 1320. The molecule has 4 rings (SSSR count). The molecule has 0 fully saturated rings. The van der Waals surface area contributed by atoms with Gasteiger partial charge in [0.2, 0.25) is 5.91 Å². The molecular weight excluding hydrogens is 444 g/mol. The highest BCUT2D eigenvalue weighted by Gasteiger charge is 2.19. The molecule has 0 saturated heterocycles. The second kappa shape index (κ2) is 10.9. The van der Waals surface area contributed by atoms with E-state index in [1.54, 1.807) is 7.11 Å². The molecule has 34 heavy (non-hydrogen) atoms. The standard InChI is InChI=1S/C28H26N2O3S/c1-3-26(28(32)30-24-13-6-7-14-25(24)33-2)34-23-12-8-11-22(18-23)29-27(31)21-16-15-19-9-4-5-10-20(19)17-21/h4-18,26H,3H2,1-2H3,(H,29,31)(H,30,32). The number of hydrogen-bond acceptors (Lipinski definition) is 4. The minimum Gasteiger partial charge on any atom is -0.495 e. The van der Waals surface area contributed by atoms with Crippen molar-refractivity contribution in [3.8, 4) is 5.75 Å². The molecule has 0 aliphatic heterocycles. The van der Waals surface area contributed by atoms with Gasteiger partial charge in [0.1, 0.15) is 5.75 Å². The van der Waals surface area contributed by atoms with E-state index in [1.807, 2.05) is 97.9 Å². The monoisotopic (exact) mass is 470 g/mol. The molecular formula is C28H26N2O3S. The Labute approximate surface area is 203 Å². The topological polar surface area (TPSA) is 67.4 Å². The fourth-order valence-electron chi connectivity index (χ4n) is 3.63. The van der Waals surface area contributed by atoms with Crippen LogP contribution in [0, 0.1) is 0 Å². The van der Waals surface area contributed by atoms with Crippen LogP contribution in [0.25, 0.3) is 10.8 Å². The van der Waals surface area contributed by atoms with Crippen LogP contribution in [0.15, 0.2) is 95.9 Å². The fourth-order valence-corrected chi connectivity index (χ4v) is 4.64. The minimum atomic E-state index is -0.295. The van der Waals surface area contributed by atoms with Gasteiger partial charge in [-0.3, -0.25) is 9.59 Å². The maximum Gasteiger partial charge on any atom is 0.255 e. The Morgan fingerprint density at radius 3 is 2.41 bits per heavy atom. The van der Waals surface area contributed by atoms with E-state index in [4.69, 9.17) is 4.74 Å². The number of fused-ring (bicyclic) bond motifs is 1. The van der Waals surface area contributed by atoms with Crippen LogP contribution in [0.1, 0.15) is 23.7 Å². The van der Waals surface area contributed by atoms with E-state index in [0.29, 0.717) is 29.1 Å². The van der Waals surface area contributed by atoms with E-state index in [1.165, 1.54) is 11.8 Å². The Morgan fingerprint density at radius 2 is 1.62 bits per heavy atom. The highest BCUT2D eigenvalue weighted by Crippen LogP contribution is 2.30. The molecule has 6 heteroatoms. The second-order valence-electron chi connectivity index (χ2n) is 7.75. The van der Waals surface area contributed by atoms with E-state index in [9.17, 15) is 9.59 Å². The summed E-state index contributed by atoms with van der Waals surface area (Å²) >= 11 is 1.46. The summed E-state index contributed by atoms with van der Waals surface area (Å²) in [4.78, 5) is 26.6. The number of rotatable bonds is 8. The number of benzene rings is 4. The lowest BCUT2D eigenvalue weighted by Crippen LogP contribution is -2.24. The number of amides is 2. The Morgan fingerprint density at radius 1 is 0.853 bits per heavy atom. The lowest BCUT2D eigenvalue weighted by atomic mass is 10.1. The molecule has 0 aliphatic rings. The summed E-state index contributed by atoms with van der Waals surface area (Å²) in [5.74, 6) is 0.352. The predicted molar refractivity (Wildman–Crippen MR) is 140 cm³/mol. The van der Waals surface area contributed by atoms with Crippen molar-refractivity contribution in [1.82, 2.24) is 0 Å². The van der Waals surface area contributed by atoms with Crippen LogP contribution in [0.4, 0.5) is 11.4 Å². The van der Waals surface area contributed by atoms with Gasteiger partial charge in [-0.2, -0.15) is 0 Å². The van der Waals surface area contributed by atoms with Crippen molar-refractivity contribution in [1.29, 1.82) is 0 Å². The molecule has 2 N–H and O–H groups in total. The van der Waals surface area contributed by atoms with Gasteiger partial charge >= 0.3 is 0 Å². The lowest BCUT2D eigenvalue weighted by Gasteiger charge is -2.17. The molecule has 0 aliphatic carbocycles. The first-order valence-electron chi connectivity index (χ1n) is 11.1. The largest absolute Gasteiger partial charge is 0.495 e. The zero-order chi connectivity index (χ0) is 23.9. The van der Waals surface area contributed by atoms with Gasteiger partial charge in [-0.1, -0.05) is 55.5 Å². The van der Waals surface area contributed by atoms with Crippen molar-refractivity contribution >= 4 is 45.7 Å². The Hall–Kier alpha value is -3.77. The smallest absolute Gasteiger partial charge is 0.255 e. The van der Waals surface area contributed by atoms with Gasteiger partial charge in [0.05, 0.1) is 18.0 Å². The zero-order valence-corrected chi connectivity index (χ0v) is 19.9. The number of ether oxygens (including phenoxy) is 1. The van der Waals surface area contributed by atoms with E-state index in [0.717, 1.165) is 15.7 Å². The van der Waals surface area contributed by atoms with E-state index < -0.39 is 0 Å². The van der Waals surface area contributed by atoms with Gasteiger partial charge in [-0.05, 0) is 59.7 Å². The zero-order valence-electron chi connectivity index (χ0n) is 19.1. The summed E-state index contributed by atoms with van der Waals surface area (Å²) in [5, 5.41) is 7.75. The number of carbonyl (C=O) groups is 2. The molecule has 0 heterocycles. The third-order valence-corrected chi connectivity index (χ3v) is 6.77. The third-order valence-electron chi connectivity index (χ3n) is 5.41. The maximum absolute atomic E-state index is 12.9. The van der Waals surface area contributed by atoms with E-state index in [2.05, 4.69) is 10.6 Å². The number of anilines is 2. The van der Waals surface area contributed by atoms with Crippen molar-refractivity contribution in [2.75, 3.05) is 17.7 Å². The molecule has 1 atom stereocenters. The average Bonchev–Trinajstić information content (AvgIpc) is 2.87. The van der Waals surface area contributed by atoms with Crippen LogP contribution < -0.4 is 15.4 Å². The van der Waals surface area contributed by atoms with Gasteiger partial charge in [-0.15, -0.1) is 11.8 Å². The fraction of sp³-hybridized carbons (Fsp3) is 0.143. The molecule has 4 aromatic carbocycles. The van der Waals surface area contributed by atoms with Crippen LogP contribution in [-0.2, 0) is 4.79 Å². The van der Waals surface area contributed by atoms with Crippen molar-refractivity contribution in [3.63, 3.8) is 0 Å². The minimum absolute atomic E-state index is 0.0948. The second-order valence-corrected chi connectivity index (χ2v) is 9.02. The number of thioether (sulfide) groups is 1. The number of nitrogens with one attached hydrogen (secondary N) is 2. The summed E-state index contributed by atoms with van der Waals surface area (Å²) < 4.78 is 5.33. The van der Waals surface area contributed by atoms with Gasteiger partial charge in [0.25, 0.3) is 5.91 Å². The first kappa shape index (κ1) is 23.4. The van der Waals surface area contributed by atoms with Gasteiger partial charge in [0.15, 0.2) is 0 Å².